The maximum absolute atomic E-state index is 13.0. The highest BCUT2D eigenvalue weighted by Crippen LogP contribution is 2.48. The van der Waals surface area contributed by atoms with Crippen molar-refractivity contribution in [1.29, 1.82) is 0 Å². The van der Waals surface area contributed by atoms with Gasteiger partial charge in [-0.25, -0.2) is 0 Å². The van der Waals surface area contributed by atoms with E-state index in [1.807, 2.05) is 34.5 Å². The first-order chi connectivity index (χ1) is 12.7. The van der Waals surface area contributed by atoms with Crippen LogP contribution in [-0.4, -0.2) is 29.8 Å². The summed E-state index contributed by atoms with van der Waals surface area (Å²) in [7, 11) is 0. The Morgan fingerprint density at radius 1 is 1.23 bits per heavy atom. The number of carbonyl (C=O) groups excluding carboxylic acids is 2. The van der Waals surface area contributed by atoms with Crippen molar-refractivity contribution in [3.63, 3.8) is 0 Å². The zero-order chi connectivity index (χ0) is 18.0. The van der Waals surface area contributed by atoms with Gasteiger partial charge in [0.1, 0.15) is 5.76 Å². The highest BCUT2D eigenvalue weighted by Gasteiger charge is 2.51. The number of nitrogens with zero attached hydrogens (tertiary/aromatic N) is 1. The minimum absolute atomic E-state index is 0.0461. The van der Waals surface area contributed by atoms with Crippen LogP contribution < -0.4 is 5.32 Å². The molecule has 1 unspecified atom stereocenters. The first-order valence-corrected chi connectivity index (χ1v) is 10.2. The lowest BCUT2D eigenvalue weighted by molar-refractivity contribution is -0.128. The fourth-order valence-corrected chi connectivity index (χ4v) is 5.20. The Morgan fingerprint density at radius 3 is 2.77 bits per heavy atom. The molecular weight excluding hydrogens is 348 g/mol. The molecular formula is C20H24N2O3S. The molecule has 2 aliphatic rings. The monoisotopic (exact) mass is 372 g/mol. The summed E-state index contributed by atoms with van der Waals surface area (Å²) in [5, 5.41) is 4.95. The van der Waals surface area contributed by atoms with Crippen molar-refractivity contribution in [2.24, 2.45) is 11.3 Å². The van der Waals surface area contributed by atoms with Crippen LogP contribution in [0, 0.1) is 11.3 Å². The smallest absolute Gasteiger partial charge is 0.263 e. The zero-order valence-electron chi connectivity index (χ0n) is 14.8. The van der Waals surface area contributed by atoms with E-state index in [2.05, 4.69) is 5.32 Å². The first kappa shape index (κ1) is 17.3. The molecule has 138 valence electrons. The van der Waals surface area contributed by atoms with Crippen LogP contribution in [0.1, 0.15) is 47.5 Å². The standard InChI is InChI=1S/C20H24N2O3S/c23-18(21-12-15-6-4-10-25-15)16-13-22(19(24)17-7-5-11-26-17)14-20(16)8-2-1-3-9-20/h4-7,10-11,16H,1-3,8-9,12-14H2,(H,21,23). The molecule has 1 spiro atoms. The molecule has 1 saturated heterocycles. The average Bonchev–Trinajstić information content (AvgIpc) is 3.41. The van der Waals surface area contributed by atoms with Gasteiger partial charge in [0.2, 0.25) is 5.91 Å². The minimum Gasteiger partial charge on any atom is -0.467 e. The minimum atomic E-state index is -0.137. The van der Waals surface area contributed by atoms with Crippen LogP contribution in [0.5, 0.6) is 0 Å². The van der Waals surface area contributed by atoms with Gasteiger partial charge in [0.05, 0.1) is 23.6 Å². The summed E-state index contributed by atoms with van der Waals surface area (Å²) in [5.74, 6) is 0.721. The van der Waals surface area contributed by atoms with Gasteiger partial charge in [-0.05, 0) is 36.4 Å². The number of hydrogen-bond donors (Lipinski definition) is 1. The number of hydrogen-bond acceptors (Lipinski definition) is 4. The van der Waals surface area contributed by atoms with Gasteiger partial charge in [-0.1, -0.05) is 25.3 Å². The van der Waals surface area contributed by atoms with Crippen LogP contribution in [0.25, 0.3) is 0 Å². The Balaban J connectivity index is 1.50. The van der Waals surface area contributed by atoms with Gasteiger partial charge < -0.3 is 14.6 Å². The molecule has 1 saturated carbocycles. The fraction of sp³-hybridized carbons (Fsp3) is 0.500. The van der Waals surface area contributed by atoms with Crippen molar-refractivity contribution in [2.45, 2.75) is 38.6 Å². The lowest BCUT2D eigenvalue weighted by Crippen LogP contribution is -2.42. The third-order valence-electron chi connectivity index (χ3n) is 5.85. The van der Waals surface area contributed by atoms with Crippen LogP contribution >= 0.6 is 11.3 Å². The molecule has 2 amide bonds. The van der Waals surface area contributed by atoms with Crippen LogP contribution in [0.2, 0.25) is 0 Å². The lowest BCUT2D eigenvalue weighted by atomic mass is 9.67. The largest absolute Gasteiger partial charge is 0.467 e. The van der Waals surface area contributed by atoms with E-state index >= 15 is 0 Å². The van der Waals surface area contributed by atoms with E-state index in [1.54, 1.807) is 6.26 Å². The van der Waals surface area contributed by atoms with E-state index < -0.39 is 0 Å². The molecule has 3 heterocycles. The normalized spacial score (nSPS) is 21.8. The van der Waals surface area contributed by atoms with Gasteiger partial charge in [-0.2, -0.15) is 0 Å². The number of carbonyl (C=O) groups is 2. The van der Waals surface area contributed by atoms with Crippen molar-refractivity contribution in [1.82, 2.24) is 10.2 Å². The predicted molar refractivity (Wildman–Crippen MR) is 99.8 cm³/mol. The molecule has 1 aliphatic carbocycles. The number of rotatable bonds is 4. The molecule has 0 radical (unpaired) electrons. The summed E-state index contributed by atoms with van der Waals surface area (Å²) in [6.07, 6.45) is 7.18. The summed E-state index contributed by atoms with van der Waals surface area (Å²) in [6.45, 7) is 1.61. The van der Waals surface area contributed by atoms with E-state index in [0.29, 0.717) is 19.6 Å². The number of furan rings is 1. The third kappa shape index (κ3) is 3.30. The van der Waals surface area contributed by atoms with Crippen molar-refractivity contribution in [3.8, 4) is 0 Å². The molecule has 0 bridgehead atoms. The molecule has 2 aromatic rings. The number of nitrogens with one attached hydrogen (secondary N) is 1. The summed E-state index contributed by atoms with van der Waals surface area (Å²) in [6, 6.07) is 7.45. The molecule has 2 aromatic heterocycles. The van der Waals surface area contributed by atoms with E-state index in [0.717, 1.165) is 36.3 Å². The van der Waals surface area contributed by atoms with E-state index in [4.69, 9.17) is 4.42 Å². The second-order valence-corrected chi connectivity index (χ2v) is 8.38. The summed E-state index contributed by atoms with van der Waals surface area (Å²) in [4.78, 5) is 28.5. The van der Waals surface area contributed by atoms with E-state index in [-0.39, 0.29) is 23.1 Å². The van der Waals surface area contributed by atoms with Gasteiger partial charge >= 0.3 is 0 Å². The lowest BCUT2D eigenvalue weighted by Gasteiger charge is -2.37. The molecule has 6 heteroatoms. The number of amides is 2. The molecule has 1 atom stereocenters. The Hall–Kier alpha value is -2.08. The Bertz CT molecular complexity index is 748. The zero-order valence-corrected chi connectivity index (χ0v) is 15.6. The number of likely N-dealkylation sites (tertiary alicyclic amines) is 1. The Labute approximate surface area is 157 Å². The first-order valence-electron chi connectivity index (χ1n) is 9.31. The highest BCUT2D eigenvalue weighted by molar-refractivity contribution is 7.12. The quantitative estimate of drug-likeness (QED) is 0.890. The SMILES string of the molecule is O=C(NCc1ccco1)C1CN(C(=O)c2cccs2)CC12CCCCC2. The molecule has 4 rings (SSSR count). The Kier molecular flexibility index (Phi) is 4.85. The van der Waals surface area contributed by atoms with Gasteiger partial charge in [-0.3, -0.25) is 9.59 Å². The van der Waals surface area contributed by atoms with Gasteiger partial charge in [0.25, 0.3) is 5.91 Å². The molecule has 26 heavy (non-hydrogen) atoms. The van der Waals surface area contributed by atoms with Gasteiger partial charge in [-0.15, -0.1) is 11.3 Å². The number of thiophene rings is 1. The molecule has 1 aliphatic heterocycles. The summed E-state index contributed by atoms with van der Waals surface area (Å²) >= 11 is 1.47. The molecule has 5 nitrogen and oxygen atoms in total. The molecule has 0 aromatic carbocycles. The van der Waals surface area contributed by atoms with Crippen LogP contribution in [0.15, 0.2) is 40.3 Å². The van der Waals surface area contributed by atoms with Crippen molar-refractivity contribution < 1.29 is 14.0 Å². The van der Waals surface area contributed by atoms with E-state index in [1.165, 1.54) is 17.8 Å². The third-order valence-corrected chi connectivity index (χ3v) is 6.71. The van der Waals surface area contributed by atoms with Gasteiger partial charge in [0.15, 0.2) is 0 Å². The maximum Gasteiger partial charge on any atom is 0.263 e. The Morgan fingerprint density at radius 2 is 2.08 bits per heavy atom. The second-order valence-electron chi connectivity index (χ2n) is 7.44. The van der Waals surface area contributed by atoms with Crippen molar-refractivity contribution in [2.75, 3.05) is 13.1 Å². The molecule has 2 fully saturated rings. The van der Waals surface area contributed by atoms with Crippen molar-refractivity contribution in [3.05, 3.63) is 46.5 Å². The van der Waals surface area contributed by atoms with Crippen LogP contribution in [0.3, 0.4) is 0 Å². The molecule has 1 N–H and O–H groups in total. The van der Waals surface area contributed by atoms with Gasteiger partial charge in [0, 0.05) is 18.5 Å². The van der Waals surface area contributed by atoms with Crippen LogP contribution in [-0.2, 0) is 11.3 Å². The maximum atomic E-state index is 13.0. The second kappa shape index (κ2) is 7.27. The average molecular weight is 372 g/mol. The summed E-state index contributed by atoms with van der Waals surface area (Å²) < 4.78 is 5.31. The summed E-state index contributed by atoms with van der Waals surface area (Å²) in [5.41, 5.74) is -0.0710. The van der Waals surface area contributed by atoms with Crippen molar-refractivity contribution >= 4 is 23.2 Å². The topological polar surface area (TPSA) is 62.6 Å². The fourth-order valence-electron chi connectivity index (χ4n) is 4.51. The highest BCUT2D eigenvalue weighted by atomic mass is 32.1. The van der Waals surface area contributed by atoms with E-state index in [9.17, 15) is 9.59 Å². The van der Waals surface area contributed by atoms with Crippen LogP contribution in [0.4, 0.5) is 0 Å². The predicted octanol–water partition coefficient (Wildman–Crippen LogP) is 3.68.